The fourth-order valence-electron chi connectivity index (χ4n) is 14.4. The van der Waals surface area contributed by atoms with Crippen molar-refractivity contribution in [1.82, 2.24) is 0 Å². The Kier molecular flexibility index (Phi) is 82.3. The first kappa shape index (κ1) is 100. The molecule has 0 saturated carbocycles. The Balaban J connectivity index is 3.82. The summed E-state index contributed by atoms with van der Waals surface area (Å²) in [7, 11) is 1.20. The average molecular weight is 1460 g/mol. The number of carbonyl (C=O) groups is 2. The van der Waals surface area contributed by atoms with E-state index in [1.54, 1.807) is 0 Å². The van der Waals surface area contributed by atoms with Crippen molar-refractivity contribution in [3.8, 4) is 0 Å². The number of likely N-dealkylation sites (N-methyl/N-ethyl adjacent to an activating group) is 1. The maximum Gasteiger partial charge on any atom is 0.306 e. The lowest BCUT2D eigenvalue weighted by molar-refractivity contribution is -0.870. The van der Waals surface area contributed by atoms with Crippen LogP contribution in [0.5, 0.6) is 0 Å². The number of quaternary nitrogens is 1. The van der Waals surface area contributed by atoms with E-state index in [2.05, 4.69) is 38.2 Å². The van der Waals surface area contributed by atoms with Crippen LogP contribution in [0, 0.1) is 0 Å². The monoisotopic (exact) mass is 1460 g/mol. The summed E-state index contributed by atoms with van der Waals surface area (Å²) in [5.74, 6) is -0.801. The third kappa shape index (κ3) is 87.4. The molecule has 0 bridgehead atoms. The van der Waals surface area contributed by atoms with E-state index < -0.39 is 26.5 Å². The lowest BCUT2D eigenvalue weighted by Gasteiger charge is -2.28. The molecule has 0 aliphatic heterocycles. The molecule has 0 rings (SSSR count). The van der Waals surface area contributed by atoms with E-state index in [4.69, 9.17) is 18.5 Å². The zero-order valence-electron chi connectivity index (χ0n) is 69.6. The van der Waals surface area contributed by atoms with E-state index in [1.807, 2.05) is 21.1 Å². The predicted molar refractivity (Wildman–Crippen MR) is 444 cm³/mol. The smallest absolute Gasteiger partial charge is 0.306 e. The molecule has 10 heteroatoms. The van der Waals surface area contributed by atoms with E-state index >= 15 is 0 Å². The number of rotatable bonds is 88. The molecular weight excluding hydrogens is 1280 g/mol. The molecule has 0 radical (unpaired) electrons. The van der Waals surface area contributed by atoms with Crippen LogP contribution in [0.15, 0.2) is 24.3 Å². The van der Waals surface area contributed by atoms with Crippen LogP contribution in [0.4, 0.5) is 0 Å². The molecule has 0 fully saturated rings. The van der Waals surface area contributed by atoms with Gasteiger partial charge in [0.05, 0.1) is 27.7 Å². The summed E-state index contributed by atoms with van der Waals surface area (Å²) >= 11 is 0. The average Bonchev–Trinajstić information content (AvgIpc) is 0.935. The predicted octanol–water partition coefficient (Wildman–Crippen LogP) is 30.4. The van der Waals surface area contributed by atoms with Crippen molar-refractivity contribution in [2.45, 2.75) is 508 Å². The van der Waals surface area contributed by atoms with Gasteiger partial charge in [0.1, 0.15) is 19.8 Å². The highest BCUT2D eigenvalue weighted by molar-refractivity contribution is 7.45. The minimum Gasteiger partial charge on any atom is -0.756 e. The zero-order chi connectivity index (χ0) is 74.0. The summed E-state index contributed by atoms with van der Waals surface area (Å²) in [6.45, 7) is 4.34. The van der Waals surface area contributed by atoms with Crippen molar-refractivity contribution >= 4 is 19.8 Å². The normalized spacial score (nSPS) is 13.0. The van der Waals surface area contributed by atoms with Crippen LogP contribution in [0.3, 0.4) is 0 Å². The molecule has 0 aliphatic carbocycles. The summed E-state index contributed by atoms with van der Waals surface area (Å²) < 4.78 is 34.5. The maximum atomic E-state index is 12.9. The summed E-state index contributed by atoms with van der Waals surface area (Å²) in [4.78, 5) is 38.3. The Morgan fingerprint density at radius 3 is 0.725 bits per heavy atom. The third-order valence-corrected chi connectivity index (χ3v) is 22.4. The number of unbranched alkanes of at least 4 members (excludes halogenated alkanes) is 70. The van der Waals surface area contributed by atoms with Crippen LogP contribution in [0.2, 0.25) is 0 Å². The number of hydrogen-bond donors (Lipinski definition) is 0. The van der Waals surface area contributed by atoms with Crippen molar-refractivity contribution in [2.24, 2.45) is 0 Å². The van der Waals surface area contributed by atoms with Crippen LogP contribution in [-0.4, -0.2) is 70.0 Å². The van der Waals surface area contributed by atoms with Gasteiger partial charge in [-0.25, -0.2) is 0 Å². The number of nitrogens with zero attached hydrogens (tertiary/aromatic N) is 1. The van der Waals surface area contributed by atoms with E-state index in [1.165, 1.54) is 437 Å². The van der Waals surface area contributed by atoms with Crippen LogP contribution >= 0.6 is 7.82 Å². The van der Waals surface area contributed by atoms with Gasteiger partial charge >= 0.3 is 11.9 Å². The van der Waals surface area contributed by atoms with Crippen molar-refractivity contribution < 1.29 is 42.1 Å². The second-order valence-corrected chi connectivity index (χ2v) is 34.4. The number of hydrogen-bond acceptors (Lipinski definition) is 8. The molecule has 2 atom stereocenters. The topological polar surface area (TPSA) is 111 Å². The number of esters is 2. The fraction of sp³-hybridized carbons (Fsp3) is 0.935. The van der Waals surface area contributed by atoms with E-state index in [-0.39, 0.29) is 32.0 Å². The second-order valence-electron chi connectivity index (χ2n) is 33.0. The molecule has 0 amide bonds. The molecule has 0 spiro atoms. The van der Waals surface area contributed by atoms with E-state index in [0.717, 1.165) is 32.1 Å². The van der Waals surface area contributed by atoms with Gasteiger partial charge in [0, 0.05) is 12.8 Å². The van der Waals surface area contributed by atoms with Gasteiger partial charge in [-0.15, -0.1) is 0 Å². The van der Waals surface area contributed by atoms with Gasteiger partial charge < -0.3 is 27.9 Å². The molecule has 0 aromatic heterocycles. The minimum absolute atomic E-state index is 0.0258. The first-order valence-corrected chi connectivity index (χ1v) is 47.5. The molecule has 0 aliphatic rings. The number of phosphoric ester groups is 1. The number of ether oxygens (including phenoxy) is 2. The van der Waals surface area contributed by atoms with Gasteiger partial charge in [-0.05, 0) is 64.2 Å². The Labute approximate surface area is 638 Å². The summed E-state index contributed by atoms with van der Waals surface area (Å²) in [5.41, 5.74) is 0. The molecule has 0 N–H and O–H groups in total. The third-order valence-electron chi connectivity index (χ3n) is 21.4. The Hall–Kier alpha value is -1.51. The molecule has 0 aromatic carbocycles. The first-order valence-electron chi connectivity index (χ1n) is 46.0. The molecule has 0 aromatic rings. The van der Waals surface area contributed by atoms with Crippen LogP contribution in [0.25, 0.3) is 0 Å². The molecule has 606 valence electrons. The summed E-state index contributed by atoms with van der Waals surface area (Å²) in [5, 5.41) is 0. The summed E-state index contributed by atoms with van der Waals surface area (Å²) in [6, 6.07) is 0. The Bertz CT molecular complexity index is 1770. The first-order chi connectivity index (χ1) is 50.0. The largest absolute Gasteiger partial charge is 0.756 e. The molecule has 9 nitrogen and oxygen atoms in total. The number of allylic oxidation sites excluding steroid dienone is 4. The van der Waals surface area contributed by atoms with Crippen LogP contribution < -0.4 is 4.89 Å². The molecule has 2 unspecified atom stereocenters. The van der Waals surface area contributed by atoms with Gasteiger partial charge in [0.2, 0.25) is 0 Å². The van der Waals surface area contributed by atoms with E-state index in [0.29, 0.717) is 17.4 Å². The van der Waals surface area contributed by atoms with Crippen molar-refractivity contribution in [3.63, 3.8) is 0 Å². The number of phosphoric acid groups is 1. The van der Waals surface area contributed by atoms with Gasteiger partial charge in [0.15, 0.2) is 6.10 Å². The van der Waals surface area contributed by atoms with Gasteiger partial charge in [-0.3, -0.25) is 14.2 Å². The van der Waals surface area contributed by atoms with Gasteiger partial charge in [0.25, 0.3) is 7.82 Å². The van der Waals surface area contributed by atoms with Crippen molar-refractivity contribution in [3.05, 3.63) is 24.3 Å². The molecular formula is C92H180NO8P. The lowest BCUT2D eigenvalue weighted by atomic mass is 10.0. The standard InChI is InChI=1S/C92H180NO8P/c1-6-8-10-12-14-16-18-20-22-24-26-28-30-32-34-36-38-40-42-44-46-48-50-52-54-56-58-60-62-64-66-68-70-72-74-76-78-80-82-84-91(94)98-88-90(89-100-102(96,97)99-87-86-93(3,4)5)101-92(95)85-83-81-79-77-75-73-71-69-67-65-63-61-59-57-55-53-51-49-47-45-43-41-39-37-35-33-31-29-27-25-23-21-19-17-15-13-11-9-7-2/h24-27,90H,6-23,28-89H2,1-5H3/b26-24-,27-25-. The van der Waals surface area contributed by atoms with Gasteiger partial charge in [-0.1, -0.05) is 449 Å². The van der Waals surface area contributed by atoms with E-state index in [9.17, 15) is 19.0 Å². The highest BCUT2D eigenvalue weighted by atomic mass is 31.2. The number of carbonyl (C=O) groups excluding carboxylic acids is 2. The summed E-state index contributed by atoms with van der Waals surface area (Å²) in [6.07, 6.45) is 109. The molecule has 102 heavy (non-hydrogen) atoms. The minimum atomic E-state index is -4.64. The Morgan fingerprint density at radius 1 is 0.294 bits per heavy atom. The molecule has 0 saturated heterocycles. The fourth-order valence-corrected chi connectivity index (χ4v) is 15.2. The van der Waals surface area contributed by atoms with Crippen LogP contribution in [0.1, 0.15) is 502 Å². The van der Waals surface area contributed by atoms with Gasteiger partial charge in [-0.2, -0.15) is 0 Å². The van der Waals surface area contributed by atoms with Crippen LogP contribution in [-0.2, 0) is 32.7 Å². The Morgan fingerprint density at radius 2 is 0.500 bits per heavy atom. The van der Waals surface area contributed by atoms with Crippen molar-refractivity contribution in [1.29, 1.82) is 0 Å². The maximum absolute atomic E-state index is 12.9. The quantitative estimate of drug-likeness (QED) is 0.0195. The molecule has 0 heterocycles. The van der Waals surface area contributed by atoms with Crippen molar-refractivity contribution in [2.75, 3.05) is 47.5 Å². The highest BCUT2D eigenvalue weighted by Crippen LogP contribution is 2.38. The zero-order valence-corrected chi connectivity index (χ0v) is 70.5. The highest BCUT2D eigenvalue weighted by Gasteiger charge is 2.22. The SMILES string of the molecule is CCCCCCCCCC/C=C\CCCCCCCCCCCCCCCCCCCCCCCCCCCCCC(=O)OCC(COP(=O)([O-])OCC[N+](C)(C)C)OC(=O)CCCCCCCCCCCCCCCCCCCCCCCCCCCCC/C=C\CCCCCCCCCC. The second kappa shape index (κ2) is 83.5. The lowest BCUT2D eigenvalue weighted by Crippen LogP contribution is -2.37.